The fourth-order valence-electron chi connectivity index (χ4n) is 2.53. The van der Waals surface area contributed by atoms with Crippen LogP contribution in [-0.4, -0.2) is 27.8 Å². The smallest absolute Gasteiger partial charge is 0.342 e. The molecule has 1 unspecified atom stereocenters. The highest BCUT2D eigenvalue weighted by molar-refractivity contribution is 5.97. The first kappa shape index (κ1) is 18.3. The summed E-state index contributed by atoms with van der Waals surface area (Å²) in [6.07, 6.45) is 0.349. The number of aromatic nitrogens is 2. The summed E-state index contributed by atoms with van der Waals surface area (Å²) in [4.78, 5) is 24.6. The van der Waals surface area contributed by atoms with E-state index in [1.807, 2.05) is 30.3 Å². The van der Waals surface area contributed by atoms with E-state index in [-0.39, 0.29) is 11.3 Å². The van der Waals surface area contributed by atoms with Gasteiger partial charge in [0.05, 0.1) is 17.6 Å². The molecule has 3 aromatic rings. The zero-order valence-electron chi connectivity index (χ0n) is 14.8. The molecule has 2 aromatic carbocycles. The highest BCUT2D eigenvalue weighted by atomic mass is 19.1. The van der Waals surface area contributed by atoms with E-state index in [4.69, 9.17) is 4.74 Å². The van der Waals surface area contributed by atoms with Crippen LogP contribution in [0.25, 0.3) is 5.69 Å². The number of carbonyl (C=O) groups excluding carboxylic acids is 2. The van der Waals surface area contributed by atoms with E-state index >= 15 is 0 Å². The monoisotopic (exact) mass is 367 g/mol. The van der Waals surface area contributed by atoms with Gasteiger partial charge in [0.25, 0.3) is 5.91 Å². The lowest BCUT2D eigenvalue weighted by atomic mass is 10.2. The number of nitrogens with one attached hydrogen (secondary N) is 1. The molecule has 1 heterocycles. The first-order chi connectivity index (χ1) is 13.0. The minimum atomic E-state index is -1.06. The van der Waals surface area contributed by atoms with Crippen LogP contribution in [0, 0.1) is 12.7 Å². The third kappa shape index (κ3) is 4.20. The van der Waals surface area contributed by atoms with Crippen LogP contribution in [0.15, 0.2) is 60.8 Å². The van der Waals surface area contributed by atoms with Crippen molar-refractivity contribution in [3.63, 3.8) is 0 Å². The first-order valence-electron chi connectivity index (χ1n) is 8.33. The SMILES string of the molecule is Cc1c(C(=O)OC(C)C(=O)Nc2cccc(F)c2)cnn1-c1ccccc1. The quantitative estimate of drug-likeness (QED) is 0.701. The summed E-state index contributed by atoms with van der Waals surface area (Å²) in [5.41, 5.74) is 1.97. The van der Waals surface area contributed by atoms with E-state index in [0.29, 0.717) is 5.69 Å². The summed E-state index contributed by atoms with van der Waals surface area (Å²) < 4.78 is 20.0. The van der Waals surface area contributed by atoms with Crippen molar-refractivity contribution in [3.05, 3.63) is 77.9 Å². The lowest BCUT2D eigenvalue weighted by Gasteiger charge is -2.13. The van der Waals surface area contributed by atoms with Gasteiger partial charge in [0.1, 0.15) is 11.4 Å². The number of halogens is 1. The molecule has 7 heteroatoms. The van der Waals surface area contributed by atoms with Crippen LogP contribution in [0.3, 0.4) is 0 Å². The molecule has 1 atom stereocenters. The van der Waals surface area contributed by atoms with Crippen LogP contribution in [0.5, 0.6) is 0 Å². The lowest BCUT2D eigenvalue weighted by Crippen LogP contribution is -2.30. The Bertz CT molecular complexity index is 970. The Balaban J connectivity index is 1.68. The molecule has 0 saturated carbocycles. The van der Waals surface area contributed by atoms with Gasteiger partial charge in [0.2, 0.25) is 0 Å². The topological polar surface area (TPSA) is 73.2 Å². The number of esters is 1. The maximum absolute atomic E-state index is 13.2. The summed E-state index contributed by atoms with van der Waals surface area (Å²) in [7, 11) is 0. The molecule has 138 valence electrons. The molecule has 0 saturated heterocycles. The average molecular weight is 367 g/mol. The fourth-order valence-corrected chi connectivity index (χ4v) is 2.53. The van der Waals surface area contributed by atoms with Gasteiger partial charge in [-0.05, 0) is 44.2 Å². The van der Waals surface area contributed by atoms with E-state index in [1.54, 1.807) is 17.7 Å². The molecule has 0 aliphatic heterocycles. The van der Waals surface area contributed by atoms with Crippen LogP contribution in [-0.2, 0) is 9.53 Å². The molecule has 0 aliphatic rings. The minimum absolute atomic E-state index is 0.268. The van der Waals surface area contributed by atoms with Crippen LogP contribution in [0.4, 0.5) is 10.1 Å². The number of anilines is 1. The zero-order valence-corrected chi connectivity index (χ0v) is 14.8. The molecule has 1 N–H and O–H groups in total. The van der Waals surface area contributed by atoms with E-state index < -0.39 is 23.8 Å². The molecule has 3 rings (SSSR count). The molecule has 0 spiro atoms. The van der Waals surface area contributed by atoms with Crippen molar-refractivity contribution in [1.82, 2.24) is 9.78 Å². The van der Waals surface area contributed by atoms with Gasteiger partial charge in [-0.3, -0.25) is 4.79 Å². The Labute approximate surface area is 155 Å². The van der Waals surface area contributed by atoms with Crippen LogP contribution < -0.4 is 5.32 Å². The third-order valence-corrected chi connectivity index (χ3v) is 3.98. The number of hydrogen-bond acceptors (Lipinski definition) is 4. The van der Waals surface area contributed by atoms with E-state index in [9.17, 15) is 14.0 Å². The Morgan fingerprint density at radius 2 is 1.89 bits per heavy atom. The van der Waals surface area contributed by atoms with Crippen molar-refractivity contribution in [1.29, 1.82) is 0 Å². The fraction of sp³-hybridized carbons (Fsp3) is 0.150. The Morgan fingerprint density at radius 1 is 1.15 bits per heavy atom. The maximum atomic E-state index is 13.2. The van der Waals surface area contributed by atoms with Crippen molar-refractivity contribution in [2.24, 2.45) is 0 Å². The van der Waals surface area contributed by atoms with Gasteiger partial charge in [-0.15, -0.1) is 0 Å². The molecule has 0 fully saturated rings. The van der Waals surface area contributed by atoms with E-state index in [1.165, 1.54) is 31.3 Å². The normalized spacial score (nSPS) is 11.7. The summed E-state index contributed by atoms with van der Waals surface area (Å²) in [5, 5.41) is 6.72. The number of para-hydroxylation sites is 1. The standard InChI is InChI=1S/C20H18FN3O3/c1-13-18(12-22-24(13)17-9-4-3-5-10-17)20(26)27-14(2)19(25)23-16-8-6-7-15(21)11-16/h3-12,14H,1-2H3,(H,23,25). The molecule has 0 bridgehead atoms. The van der Waals surface area contributed by atoms with Crippen LogP contribution >= 0.6 is 0 Å². The summed E-state index contributed by atoms with van der Waals surface area (Å²) >= 11 is 0. The molecular weight excluding hydrogens is 349 g/mol. The van der Waals surface area contributed by atoms with Crippen molar-refractivity contribution in [2.45, 2.75) is 20.0 Å². The maximum Gasteiger partial charge on any atom is 0.342 e. The number of amides is 1. The molecule has 1 amide bonds. The second-order valence-electron chi connectivity index (χ2n) is 5.94. The summed E-state index contributed by atoms with van der Waals surface area (Å²) in [6.45, 7) is 3.19. The van der Waals surface area contributed by atoms with Crippen molar-refractivity contribution in [3.8, 4) is 5.69 Å². The Morgan fingerprint density at radius 3 is 2.59 bits per heavy atom. The highest BCUT2D eigenvalue weighted by Crippen LogP contribution is 2.16. The molecular formula is C20H18FN3O3. The predicted octanol–water partition coefficient (Wildman–Crippen LogP) is 3.50. The van der Waals surface area contributed by atoms with Gasteiger partial charge in [-0.25, -0.2) is 13.9 Å². The number of nitrogens with zero attached hydrogens (tertiary/aromatic N) is 2. The summed E-state index contributed by atoms with van der Waals surface area (Å²) in [5.74, 6) is -1.68. The highest BCUT2D eigenvalue weighted by Gasteiger charge is 2.22. The zero-order chi connectivity index (χ0) is 19.4. The van der Waals surface area contributed by atoms with Crippen molar-refractivity contribution in [2.75, 3.05) is 5.32 Å². The average Bonchev–Trinajstić information content (AvgIpc) is 3.04. The Hall–Kier alpha value is -3.48. The van der Waals surface area contributed by atoms with Gasteiger partial charge in [-0.2, -0.15) is 5.10 Å². The van der Waals surface area contributed by atoms with Crippen LogP contribution in [0.1, 0.15) is 23.0 Å². The van der Waals surface area contributed by atoms with Crippen molar-refractivity contribution >= 4 is 17.6 Å². The van der Waals surface area contributed by atoms with Gasteiger partial charge >= 0.3 is 5.97 Å². The lowest BCUT2D eigenvalue weighted by molar-refractivity contribution is -0.123. The minimum Gasteiger partial charge on any atom is -0.449 e. The number of carbonyl (C=O) groups is 2. The summed E-state index contributed by atoms with van der Waals surface area (Å²) in [6, 6.07) is 14.8. The van der Waals surface area contributed by atoms with Gasteiger partial charge < -0.3 is 10.1 Å². The molecule has 1 aromatic heterocycles. The molecule has 0 aliphatic carbocycles. The van der Waals surface area contributed by atoms with Crippen LogP contribution in [0.2, 0.25) is 0 Å². The number of hydrogen-bond donors (Lipinski definition) is 1. The number of rotatable bonds is 5. The molecule has 27 heavy (non-hydrogen) atoms. The van der Waals surface area contributed by atoms with E-state index in [0.717, 1.165) is 5.69 Å². The first-order valence-corrected chi connectivity index (χ1v) is 8.33. The van der Waals surface area contributed by atoms with Crippen molar-refractivity contribution < 1.29 is 18.7 Å². The molecule has 6 nitrogen and oxygen atoms in total. The number of benzene rings is 2. The predicted molar refractivity (Wildman–Crippen MR) is 98.2 cm³/mol. The Kier molecular flexibility index (Phi) is 5.30. The third-order valence-electron chi connectivity index (χ3n) is 3.98. The van der Waals surface area contributed by atoms with Gasteiger partial charge in [0.15, 0.2) is 6.10 Å². The van der Waals surface area contributed by atoms with Gasteiger partial charge in [0, 0.05) is 5.69 Å². The van der Waals surface area contributed by atoms with Gasteiger partial charge in [-0.1, -0.05) is 24.3 Å². The second-order valence-corrected chi connectivity index (χ2v) is 5.94. The molecule has 0 radical (unpaired) electrons. The largest absolute Gasteiger partial charge is 0.449 e. The number of ether oxygens (including phenoxy) is 1. The van der Waals surface area contributed by atoms with E-state index in [2.05, 4.69) is 10.4 Å². The second kappa shape index (κ2) is 7.82.